The highest BCUT2D eigenvalue weighted by molar-refractivity contribution is 5.25. The molecule has 0 saturated carbocycles. The molecule has 0 aliphatic heterocycles. The molecule has 0 heterocycles. The smallest absolute Gasteiger partial charge is 0.00975 e. The minimum absolute atomic E-state index is 0.0309. The molecule has 0 saturated heterocycles. The topological polar surface area (TPSA) is 29.3 Å². The summed E-state index contributed by atoms with van der Waals surface area (Å²) in [6.45, 7) is 8.63. The number of nitrogens with two attached hydrogens (primary N) is 1. The average Bonchev–Trinajstić information content (AvgIpc) is 2.26. The zero-order chi connectivity index (χ0) is 13.6. The lowest BCUT2D eigenvalue weighted by molar-refractivity contribution is 0.312. The van der Waals surface area contributed by atoms with Crippen LogP contribution in [0, 0.1) is 6.92 Å². The molecule has 2 nitrogen and oxygen atoms in total. The molecule has 0 aromatic heterocycles. The molecule has 2 heteroatoms. The molecule has 0 spiro atoms. The molecule has 102 valence electrons. The fraction of sp³-hybridized carbons (Fsp3) is 0.625. The quantitative estimate of drug-likeness (QED) is 0.804. The van der Waals surface area contributed by atoms with Gasteiger partial charge in [-0.1, -0.05) is 24.3 Å². The van der Waals surface area contributed by atoms with Gasteiger partial charge in [-0.2, -0.15) is 0 Å². The summed E-state index contributed by atoms with van der Waals surface area (Å²) in [5, 5.41) is 0. The third-order valence-corrected chi connectivity index (χ3v) is 3.39. The van der Waals surface area contributed by atoms with Crippen LogP contribution in [0.4, 0.5) is 0 Å². The molecule has 18 heavy (non-hydrogen) atoms. The van der Waals surface area contributed by atoms with E-state index in [4.69, 9.17) is 5.73 Å². The number of hydrogen-bond donors (Lipinski definition) is 1. The summed E-state index contributed by atoms with van der Waals surface area (Å²) in [7, 11) is 2.20. The van der Waals surface area contributed by atoms with Crippen molar-refractivity contribution < 1.29 is 0 Å². The lowest BCUT2D eigenvalue weighted by Crippen LogP contribution is -2.33. The van der Waals surface area contributed by atoms with Crippen molar-refractivity contribution in [2.24, 2.45) is 5.73 Å². The van der Waals surface area contributed by atoms with Gasteiger partial charge >= 0.3 is 0 Å². The maximum absolute atomic E-state index is 5.99. The predicted molar refractivity (Wildman–Crippen MR) is 79.9 cm³/mol. The van der Waals surface area contributed by atoms with Gasteiger partial charge in [-0.3, -0.25) is 0 Å². The third kappa shape index (κ3) is 6.18. The summed E-state index contributed by atoms with van der Waals surface area (Å²) in [6.07, 6.45) is 3.39. The van der Waals surface area contributed by atoms with Crippen molar-refractivity contribution in [1.82, 2.24) is 4.90 Å². The molecular formula is C16H28N2. The van der Waals surface area contributed by atoms with Gasteiger partial charge in [0.1, 0.15) is 0 Å². The molecule has 1 aromatic rings. The summed E-state index contributed by atoms with van der Waals surface area (Å²) >= 11 is 0. The Balaban J connectivity index is 2.25. The zero-order valence-corrected chi connectivity index (χ0v) is 12.4. The van der Waals surface area contributed by atoms with E-state index in [-0.39, 0.29) is 5.54 Å². The molecule has 0 amide bonds. The maximum atomic E-state index is 5.99. The van der Waals surface area contributed by atoms with E-state index in [1.165, 1.54) is 17.5 Å². The number of hydrogen-bond acceptors (Lipinski definition) is 2. The molecule has 0 aliphatic carbocycles. The van der Waals surface area contributed by atoms with Gasteiger partial charge in [0, 0.05) is 12.1 Å². The van der Waals surface area contributed by atoms with Crippen molar-refractivity contribution >= 4 is 0 Å². The molecule has 1 rings (SSSR count). The van der Waals surface area contributed by atoms with Crippen molar-refractivity contribution in [3.8, 4) is 0 Å². The van der Waals surface area contributed by atoms with Gasteiger partial charge in [-0.15, -0.1) is 0 Å². The second-order valence-electron chi connectivity index (χ2n) is 6.07. The fourth-order valence-electron chi connectivity index (χ4n) is 2.12. The number of likely N-dealkylation sites (N-methyl/N-ethyl adjacent to an activating group) is 1. The Kier molecular flexibility index (Phi) is 5.83. The van der Waals surface area contributed by atoms with Gasteiger partial charge in [0.2, 0.25) is 0 Å². The molecule has 0 atom stereocenters. The Labute approximate surface area is 112 Å². The van der Waals surface area contributed by atoms with Crippen LogP contribution in [0.2, 0.25) is 0 Å². The highest BCUT2D eigenvalue weighted by atomic mass is 15.1. The number of aryl methyl sites for hydroxylation is 1. The van der Waals surface area contributed by atoms with Gasteiger partial charge in [-0.05, 0) is 64.8 Å². The van der Waals surface area contributed by atoms with Crippen molar-refractivity contribution in [3.63, 3.8) is 0 Å². The van der Waals surface area contributed by atoms with Crippen molar-refractivity contribution in [2.75, 3.05) is 20.1 Å². The van der Waals surface area contributed by atoms with E-state index in [1.807, 2.05) is 0 Å². The molecule has 1 aromatic carbocycles. The van der Waals surface area contributed by atoms with Crippen LogP contribution in [0.15, 0.2) is 24.3 Å². The minimum atomic E-state index is -0.0309. The van der Waals surface area contributed by atoms with Crippen molar-refractivity contribution in [1.29, 1.82) is 0 Å². The van der Waals surface area contributed by atoms with E-state index in [1.54, 1.807) is 0 Å². The second-order valence-corrected chi connectivity index (χ2v) is 6.07. The van der Waals surface area contributed by atoms with Crippen LogP contribution < -0.4 is 5.73 Å². The highest BCUT2D eigenvalue weighted by Crippen LogP contribution is 2.10. The summed E-state index contributed by atoms with van der Waals surface area (Å²) < 4.78 is 0. The molecule has 0 unspecified atom stereocenters. The molecule has 0 radical (unpaired) electrons. The summed E-state index contributed by atoms with van der Waals surface area (Å²) in [5.74, 6) is 0. The maximum Gasteiger partial charge on any atom is 0.00975 e. The predicted octanol–water partition coefficient (Wildman–Crippen LogP) is 2.99. The monoisotopic (exact) mass is 248 g/mol. The van der Waals surface area contributed by atoms with Gasteiger partial charge in [0.15, 0.2) is 0 Å². The fourth-order valence-corrected chi connectivity index (χ4v) is 2.12. The Morgan fingerprint density at radius 3 is 2.44 bits per heavy atom. The lowest BCUT2D eigenvalue weighted by Gasteiger charge is -2.21. The SMILES string of the molecule is Cc1ccccc1CCN(C)CCCC(C)(C)N. The summed E-state index contributed by atoms with van der Waals surface area (Å²) in [4.78, 5) is 2.40. The Bertz CT molecular complexity index is 352. The van der Waals surface area contributed by atoms with Gasteiger partial charge in [0.05, 0.1) is 0 Å². The van der Waals surface area contributed by atoms with E-state index >= 15 is 0 Å². The van der Waals surface area contributed by atoms with Crippen molar-refractivity contribution in [3.05, 3.63) is 35.4 Å². The molecule has 0 bridgehead atoms. The first-order chi connectivity index (χ1) is 8.38. The zero-order valence-electron chi connectivity index (χ0n) is 12.4. The van der Waals surface area contributed by atoms with Crippen LogP contribution >= 0.6 is 0 Å². The van der Waals surface area contributed by atoms with E-state index in [9.17, 15) is 0 Å². The Hall–Kier alpha value is -0.860. The van der Waals surface area contributed by atoms with E-state index in [2.05, 4.69) is 57.0 Å². The first kappa shape index (κ1) is 15.2. The Morgan fingerprint density at radius 1 is 1.17 bits per heavy atom. The second kappa shape index (κ2) is 6.91. The number of benzene rings is 1. The number of nitrogens with zero attached hydrogens (tertiary/aromatic N) is 1. The minimum Gasteiger partial charge on any atom is -0.326 e. The number of rotatable bonds is 7. The van der Waals surface area contributed by atoms with Crippen LogP contribution in [-0.2, 0) is 6.42 Å². The largest absolute Gasteiger partial charge is 0.326 e. The lowest BCUT2D eigenvalue weighted by atomic mass is 10.00. The van der Waals surface area contributed by atoms with E-state index < -0.39 is 0 Å². The highest BCUT2D eigenvalue weighted by Gasteiger charge is 2.10. The molecule has 0 aliphatic rings. The van der Waals surface area contributed by atoms with Gasteiger partial charge in [-0.25, -0.2) is 0 Å². The molecule has 0 fully saturated rings. The Morgan fingerprint density at radius 2 is 1.83 bits per heavy atom. The van der Waals surface area contributed by atoms with Gasteiger partial charge in [0.25, 0.3) is 0 Å². The summed E-state index contributed by atoms with van der Waals surface area (Å²) in [6, 6.07) is 8.64. The third-order valence-electron chi connectivity index (χ3n) is 3.39. The van der Waals surface area contributed by atoms with Crippen LogP contribution in [0.25, 0.3) is 0 Å². The van der Waals surface area contributed by atoms with Crippen LogP contribution in [0.1, 0.15) is 37.8 Å². The first-order valence-electron chi connectivity index (χ1n) is 6.90. The standard InChI is InChI=1S/C16H28N2/c1-14-8-5-6-9-15(14)10-13-18(4)12-7-11-16(2,3)17/h5-6,8-9H,7,10-13,17H2,1-4H3. The first-order valence-corrected chi connectivity index (χ1v) is 6.90. The van der Waals surface area contributed by atoms with Crippen LogP contribution in [0.5, 0.6) is 0 Å². The van der Waals surface area contributed by atoms with E-state index in [0.717, 1.165) is 25.9 Å². The van der Waals surface area contributed by atoms with E-state index in [0.29, 0.717) is 0 Å². The van der Waals surface area contributed by atoms with Gasteiger partial charge < -0.3 is 10.6 Å². The van der Waals surface area contributed by atoms with Crippen molar-refractivity contribution in [2.45, 2.75) is 45.6 Å². The van der Waals surface area contributed by atoms with Crippen LogP contribution in [-0.4, -0.2) is 30.6 Å². The van der Waals surface area contributed by atoms with Crippen LogP contribution in [0.3, 0.4) is 0 Å². The molecule has 2 N–H and O–H groups in total. The summed E-state index contributed by atoms with van der Waals surface area (Å²) in [5.41, 5.74) is 8.82. The molecular weight excluding hydrogens is 220 g/mol. The average molecular weight is 248 g/mol. The normalized spacial score (nSPS) is 12.1.